The van der Waals surface area contributed by atoms with E-state index in [1.165, 1.54) is 48.9 Å². The van der Waals surface area contributed by atoms with Crippen molar-refractivity contribution in [2.24, 2.45) is 0 Å². The molecule has 0 bridgehead atoms. The Morgan fingerprint density at radius 2 is 1.21 bits per heavy atom. The van der Waals surface area contributed by atoms with Gasteiger partial charge in [-0.15, -0.1) is 0 Å². The Bertz CT molecular complexity index is 848. The molecule has 1 saturated heterocycles. The highest BCUT2D eigenvalue weighted by atomic mass is 79.9. The van der Waals surface area contributed by atoms with Gasteiger partial charge in [0.2, 0.25) is 0 Å². The van der Waals surface area contributed by atoms with E-state index in [1.54, 1.807) is 0 Å². The maximum Gasteiger partial charge on any atom is 0.0227 e. The van der Waals surface area contributed by atoms with Crippen LogP contribution >= 0.6 is 31.9 Å². The first kappa shape index (κ1) is 20.8. The van der Waals surface area contributed by atoms with Crippen molar-refractivity contribution in [2.45, 2.75) is 31.1 Å². The molecule has 3 heteroatoms. The lowest BCUT2D eigenvalue weighted by Crippen LogP contribution is -2.43. The molecule has 1 aliphatic rings. The molecule has 1 nitrogen and oxygen atoms in total. The van der Waals surface area contributed by atoms with Crippen molar-refractivity contribution >= 4 is 31.9 Å². The maximum atomic E-state index is 3.60. The van der Waals surface area contributed by atoms with Crippen LogP contribution in [0.3, 0.4) is 0 Å². The summed E-state index contributed by atoms with van der Waals surface area (Å²) in [4.78, 5) is 2.65. The zero-order chi connectivity index (χ0) is 20.1. The second-order valence-electron chi connectivity index (χ2n) is 8.03. The molecule has 3 aromatic carbocycles. The van der Waals surface area contributed by atoms with Crippen molar-refractivity contribution in [2.75, 3.05) is 19.6 Å². The summed E-state index contributed by atoms with van der Waals surface area (Å²) < 4.78 is 2.29. The normalized spacial score (nSPS) is 16.6. The molecule has 29 heavy (non-hydrogen) atoms. The molecule has 0 aliphatic carbocycles. The molecule has 1 aliphatic heterocycles. The van der Waals surface area contributed by atoms with E-state index in [9.17, 15) is 0 Å². The number of likely N-dealkylation sites (tertiary alicyclic amines) is 1. The quantitative estimate of drug-likeness (QED) is 0.336. The Kier molecular flexibility index (Phi) is 6.89. The Morgan fingerprint density at radius 1 is 0.690 bits per heavy atom. The molecule has 0 radical (unpaired) electrons. The van der Waals surface area contributed by atoms with E-state index in [4.69, 9.17) is 0 Å². The van der Waals surface area contributed by atoms with E-state index in [2.05, 4.69) is 116 Å². The van der Waals surface area contributed by atoms with Crippen LogP contribution in [0.1, 0.15) is 36.0 Å². The van der Waals surface area contributed by atoms with Gasteiger partial charge in [0.1, 0.15) is 0 Å². The Labute approximate surface area is 191 Å². The van der Waals surface area contributed by atoms with Crippen molar-refractivity contribution in [1.82, 2.24) is 4.90 Å². The zero-order valence-corrected chi connectivity index (χ0v) is 19.8. The van der Waals surface area contributed by atoms with Gasteiger partial charge >= 0.3 is 0 Å². The highest BCUT2D eigenvalue weighted by Crippen LogP contribution is 2.42. The van der Waals surface area contributed by atoms with Gasteiger partial charge in [-0.05, 0) is 86.3 Å². The van der Waals surface area contributed by atoms with E-state index in [0.717, 1.165) is 22.0 Å². The van der Waals surface area contributed by atoms with Crippen LogP contribution in [-0.2, 0) is 11.8 Å². The summed E-state index contributed by atoms with van der Waals surface area (Å²) in [5.41, 5.74) is 4.43. The van der Waals surface area contributed by atoms with Gasteiger partial charge in [-0.2, -0.15) is 0 Å². The first-order chi connectivity index (χ1) is 14.2. The summed E-state index contributed by atoms with van der Waals surface area (Å²) in [5, 5.41) is 0. The van der Waals surface area contributed by atoms with E-state index < -0.39 is 0 Å². The van der Waals surface area contributed by atoms with Crippen LogP contribution < -0.4 is 0 Å². The number of hydrogen-bond donors (Lipinski definition) is 0. The van der Waals surface area contributed by atoms with E-state index in [0.29, 0.717) is 0 Å². The number of piperidine rings is 1. The van der Waals surface area contributed by atoms with Crippen molar-refractivity contribution in [1.29, 1.82) is 0 Å². The highest BCUT2D eigenvalue weighted by molar-refractivity contribution is 9.10. The molecule has 0 N–H and O–H groups in total. The van der Waals surface area contributed by atoms with Gasteiger partial charge in [-0.3, -0.25) is 0 Å². The first-order valence-electron chi connectivity index (χ1n) is 10.4. The van der Waals surface area contributed by atoms with Crippen LogP contribution in [0.15, 0.2) is 87.8 Å². The van der Waals surface area contributed by atoms with E-state index in [1.807, 2.05) is 0 Å². The minimum Gasteiger partial charge on any atom is -0.303 e. The lowest BCUT2D eigenvalue weighted by Gasteiger charge is -2.43. The van der Waals surface area contributed by atoms with E-state index >= 15 is 0 Å². The average molecular weight is 513 g/mol. The molecular formula is C26H27Br2N. The van der Waals surface area contributed by atoms with Gasteiger partial charge in [0.05, 0.1) is 0 Å². The summed E-state index contributed by atoms with van der Waals surface area (Å²) in [6.45, 7) is 3.49. The molecule has 3 aromatic rings. The van der Waals surface area contributed by atoms with Gasteiger partial charge < -0.3 is 4.90 Å². The second kappa shape index (κ2) is 9.59. The predicted octanol–water partition coefficient (Wildman–Crippen LogP) is 7.23. The first-order valence-corrected chi connectivity index (χ1v) is 12.0. The Hall–Kier alpha value is -1.42. The lowest BCUT2D eigenvalue weighted by molar-refractivity contribution is 0.177. The van der Waals surface area contributed by atoms with Gasteiger partial charge in [0.25, 0.3) is 0 Å². The molecule has 0 amide bonds. The number of halogens is 2. The lowest BCUT2D eigenvalue weighted by atomic mass is 9.68. The van der Waals surface area contributed by atoms with Gasteiger partial charge in [-0.25, -0.2) is 0 Å². The van der Waals surface area contributed by atoms with E-state index in [-0.39, 0.29) is 5.41 Å². The summed E-state index contributed by atoms with van der Waals surface area (Å²) in [7, 11) is 0. The molecule has 0 unspecified atom stereocenters. The van der Waals surface area contributed by atoms with Crippen LogP contribution in [0.25, 0.3) is 0 Å². The number of aryl methyl sites for hydroxylation is 1. The largest absolute Gasteiger partial charge is 0.303 e. The molecule has 1 heterocycles. The molecule has 1 fully saturated rings. The summed E-state index contributed by atoms with van der Waals surface area (Å²) in [5.74, 6) is 0. The highest BCUT2D eigenvalue weighted by Gasteiger charge is 2.37. The third-order valence-electron chi connectivity index (χ3n) is 6.29. The topological polar surface area (TPSA) is 3.24 Å². The summed E-state index contributed by atoms with van der Waals surface area (Å²) >= 11 is 7.19. The van der Waals surface area contributed by atoms with Crippen molar-refractivity contribution in [3.63, 3.8) is 0 Å². The van der Waals surface area contributed by atoms with Crippen molar-refractivity contribution < 1.29 is 0 Å². The second-order valence-corrected chi connectivity index (χ2v) is 9.86. The fourth-order valence-electron chi connectivity index (χ4n) is 4.59. The fourth-order valence-corrected chi connectivity index (χ4v) is 5.12. The average Bonchev–Trinajstić information content (AvgIpc) is 2.76. The molecule has 150 valence electrons. The van der Waals surface area contributed by atoms with Crippen LogP contribution in [-0.4, -0.2) is 24.5 Å². The Morgan fingerprint density at radius 3 is 1.72 bits per heavy atom. The van der Waals surface area contributed by atoms with Crippen molar-refractivity contribution in [3.05, 3.63) is 104 Å². The number of nitrogens with zero attached hydrogens (tertiary/aromatic N) is 1. The van der Waals surface area contributed by atoms with Gasteiger partial charge in [0.15, 0.2) is 0 Å². The third kappa shape index (κ3) is 5.02. The number of benzene rings is 3. The minimum atomic E-state index is 0.108. The maximum absolute atomic E-state index is 3.60. The van der Waals surface area contributed by atoms with Crippen LogP contribution in [0.2, 0.25) is 0 Å². The van der Waals surface area contributed by atoms with Crippen LogP contribution in [0.5, 0.6) is 0 Å². The molecule has 4 rings (SSSR count). The zero-order valence-electron chi connectivity index (χ0n) is 16.7. The van der Waals surface area contributed by atoms with Gasteiger partial charge in [0, 0.05) is 14.4 Å². The van der Waals surface area contributed by atoms with Gasteiger partial charge in [-0.1, -0.05) is 86.5 Å². The molecule has 0 saturated carbocycles. The third-order valence-corrected chi connectivity index (χ3v) is 7.34. The molecule has 0 spiro atoms. The smallest absolute Gasteiger partial charge is 0.0227 e. The fraction of sp³-hybridized carbons (Fsp3) is 0.308. The SMILES string of the molecule is Brc1ccc(C2(c3ccc(Br)cc3)CCN(CCCc3ccccc3)CC2)cc1. The molecule has 0 atom stereocenters. The van der Waals surface area contributed by atoms with Crippen LogP contribution in [0.4, 0.5) is 0 Å². The monoisotopic (exact) mass is 511 g/mol. The summed E-state index contributed by atoms with van der Waals surface area (Å²) in [6.07, 6.45) is 4.73. The molecular weight excluding hydrogens is 486 g/mol. The standard InChI is InChI=1S/C26H27Br2N/c27-24-12-8-22(9-13-24)26(23-10-14-25(28)15-11-23)16-19-29(20-17-26)18-4-7-21-5-2-1-3-6-21/h1-3,5-6,8-15H,4,7,16-20H2. The minimum absolute atomic E-state index is 0.108. The molecule has 0 aromatic heterocycles. The van der Waals surface area contributed by atoms with Crippen molar-refractivity contribution in [3.8, 4) is 0 Å². The number of rotatable bonds is 6. The Balaban J connectivity index is 1.46. The number of hydrogen-bond acceptors (Lipinski definition) is 1. The summed E-state index contributed by atoms with van der Waals surface area (Å²) in [6, 6.07) is 28.8. The predicted molar refractivity (Wildman–Crippen MR) is 130 cm³/mol. The van der Waals surface area contributed by atoms with Crippen LogP contribution in [0, 0.1) is 0 Å².